The lowest BCUT2D eigenvalue weighted by Crippen LogP contribution is -2.08. The Morgan fingerprint density at radius 1 is 1.31 bits per heavy atom. The van der Waals surface area contributed by atoms with E-state index in [1.165, 1.54) is 13.0 Å². The monoisotopic (exact) mass is 219 g/mol. The molecular weight excluding hydrogens is 206 g/mol. The van der Waals surface area contributed by atoms with E-state index in [2.05, 4.69) is 5.32 Å². The molecule has 2 N–H and O–H groups in total. The molecule has 0 spiro atoms. The van der Waals surface area contributed by atoms with Crippen LogP contribution in [0.25, 0.3) is 0 Å². The molecule has 0 atom stereocenters. The Morgan fingerprint density at radius 3 is 2.50 bits per heavy atom. The van der Waals surface area contributed by atoms with E-state index in [-0.39, 0.29) is 11.5 Å². The van der Waals surface area contributed by atoms with Crippen LogP contribution in [0.1, 0.15) is 41.6 Å². The molecule has 2 rings (SSSR count). The van der Waals surface area contributed by atoms with E-state index in [1.807, 2.05) is 6.07 Å². The molecule has 1 amide bonds. The quantitative estimate of drug-likeness (QED) is 0.819. The van der Waals surface area contributed by atoms with E-state index < -0.39 is 5.97 Å². The predicted molar refractivity (Wildman–Crippen MR) is 59.7 cm³/mol. The lowest BCUT2D eigenvalue weighted by atomic mass is 10.1. The zero-order chi connectivity index (χ0) is 11.7. The van der Waals surface area contributed by atoms with Gasteiger partial charge in [0.2, 0.25) is 5.91 Å². The summed E-state index contributed by atoms with van der Waals surface area (Å²) in [5.74, 6) is -0.690. The van der Waals surface area contributed by atoms with Gasteiger partial charge >= 0.3 is 5.97 Å². The normalized spacial score (nSPS) is 14.6. The Hall–Kier alpha value is -1.84. The third-order valence-corrected chi connectivity index (χ3v) is 2.57. The molecule has 4 heteroatoms. The highest BCUT2D eigenvalue weighted by Gasteiger charge is 2.25. The first-order chi connectivity index (χ1) is 7.56. The molecule has 0 heterocycles. The average molecular weight is 219 g/mol. The fourth-order valence-electron chi connectivity index (χ4n) is 1.70. The molecule has 1 aliphatic carbocycles. The smallest absolute Gasteiger partial charge is 0.335 e. The Balaban J connectivity index is 2.36. The minimum atomic E-state index is -0.964. The number of carbonyl (C=O) groups excluding carboxylic acids is 1. The van der Waals surface area contributed by atoms with Crippen LogP contribution in [0.3, 0.4) is 0 Å². The topological polar surface area (TPSA) is 66.4 Å². The number of carboxylic acids is 1. The van der Waals surface area contributed by atoms with Gasteiger partial charge in [-0.2, -0.15) is 0 Å². The number of aromatic carboxylic acids is 1. The fraction of sp³-hybridized carbons (Fsp3) is 0.333. The van der Waals surface area contributed by atoms with Gasteiger partial charge in [-0.3, -0.25) is 4.79 Å². The van der Waals surface area contributed by atoms with E-state index in [1.54, 1.807) is 6.07 Å². The summed E-state index contributed by atoms with van der Waals surface area (Å²) in [4.78, 5) is 21.9. The number of anilines is 1. The fourth-order valence-corrected chi connectivity index (χ4v) is 1.70. The highest BCUT2D eigenvalue weighted by molar-refractivity contribution is 5.93. The third-order valence-electron chi connectivity index (χ3n) is 2.57. The molecule has 0 radical (unpaired) electrons. The van der Waals surface area contributed by atoms with Crippen molar-refractivity contribution in [2.45, 2.75) is 25.7 Å². The molecule has 1 aromatic rings. The molecule has 1 aromatic carbocycles. The van der Waals surface area contributed by atoms with Crippen LogP contribution in [-0.4, -0.2) is 17.0 Å². The van der Waals surface area contributed by atoms with Gasteiger partial charge in [0, 0.05) is 12.6 Å². The van der Waals surface area contributed by atoms with Crippen molar-refractivity contribution >= 4 is 17.6 Å². The van der Waals surface area contributed by atoms with Gasteiger partial charge in [-0.15, -0.1) is 0 Å². The van der Waals surface area contributed by atoms with Crippen LogP contribution >= 0.6 is 0 Å². The predicted octanol–water partition coefficient (Wildman–Crippen LogP) is 2.22. The summed E-state index contributed by atoms with van der Waals surface area (Å²) in [5.41, 5.74) is 1.80. The molecule has 16 heavy (non-hydrogen) atoms. The van der Waals surface area contributed by atoms with Crippen LogP contribution in [0.5, 0.6) is 0 Å². The number of carboxylic acid groups (broad SMARTS) is 1. The molecule has 0 bridgehead atoms. The zero-order valence-corrected chi connectivity index (χ0v) is 8.99. The second-order valence-electron chi connectivity index (χ2n) is 4.10. The summed E-state index contributed by atoms with van der Waals surface area (Å²) in [5, 5.41) is 11.6. The second-order valence-corrected chi connectivity index (χ2v) is 4.10. The van der Waals surface area contributed by atoms with Gasteiger partial charge in [0.05, 0.1) is 5.56 Å². The van der Waals surface area contributed by atoms with Gasteiger partial charge in [-0.25, -0.2) is 4.79 Å². The molecule has 0 saturated heterocycles. The average Bonchev–Trinajstić information content (AvgIpc) is 2.98. The van der Waals surface area contributed by atoms with Crippen molar-refractivity contribution in [3.63, 3.8) is 0 Å². The van der Waals surface area contributed by atoms with Gasteiger partial charge in [0.1, 0.15) is 0 Å². The summed E-state index contributed by atoms with van der Waals surface area (Å²) in [6.45, 7) is 1.41. The number of amides is 1. The number of benzene rings is 1. The van der Waals surface area contributed by atoms with E-state index in [9.17, 15) is 9.59 Å². The molecule has 4 nitrogen and oxygen atoms in total. The summed E-state index contributed by atoms with van der Waals surface area (Å²) in [7, 11) is 0. The number of nitrogens with one attached hydrogen (secondary N) is 1. The number of carbonyl (C=O) groups is 2. The lowest BCUT2D eigenvalue weighted by molar-refractivity contribution is -0.114. The van der Waals surface area contributed by atoms with E-state index in [0.717, 1.165) is 18.4 Å². The molecule has 1 fully saturated rings. The second kappa shape index (κ2) is 3.96. The van der Waals surface area contributed by atoms with Crippen molar-refractivity contribution in [3.8, 4) is 0 Å². The first-order valence-corrected chi connectivity index (χ1v) is 5.22. The maximum Gasteiger partial charge on any atom is 0.335 e. The van der Waals surface area contributed by atoms with Crippen molar-refractivity contribution in [3.05, 3.63) is 29.3 Å². The number of hydrogen-bond donors (Lipinski definition) is 2. The van der Waals surface area contributed by atoms with Crippen LogP contribution in [0.4, 0.5) is 5.69 Å². The first-order valence-electron chi connectivity index (χ1n) is 5.22. The van der Waals surface area contributed by atoms with Crippen molar-refractivity contribution in [2.75, 3.05) is 5.32 Å². The van der Waals surface area contributed by atoms with Crippen LogP contribution < -0.4 is 5.32 Å². The Kier molecular flexibility index (Phi) is 2.64. The zero-order valence-electron chi connectivity index (χ0n) is 8.99. The van der Waals surface area contributed by atoms with Gasteiger partial charge < -0.3 is 10.4 Å². The van der Waals surface area contributed by atoms with Crippen LogP contribution in [0, 0.1) is 0 Å². The van der Waals surface area contributed by atoms with Crippen molar-refractivity contribution in [1.82, 2.24) is 0 Å². The molecular formula is C12H13NO3. The Bertz CT molecular complexity index is 450. The summed E-state index contributed by atoms with van der Waals surface area (Å²) >= 11 is 0. The van der Waals surface area contributed by atoms with Crippen molar-refractivity contribution in [2.24, 2.45) is 0 Å². The van der Waals surface area contributed by atoms with Crippen LogP contribution in [0.2, 0.25) is 0 Å². The van der Waals surface area contributed by atoms with Crippen molar-refractivity contribution < 1.29 is 14.7 Å². The molecule has 1 aliphatic rings. The summed E-state index contributed by atoms with van der Waals surface area (Å²) in [6.07, 6.45) is 2.20. The highest BCUT2D eigenvalue weighted by atomic mass is 16.4. The summed E-state index contributed by atoms with van der Waals surface area (Å²) in [6, 6.07) is 5.02. The molecule has 0 unspecified atom stereocenters. The molecule has 1 saturated carbocycles. The summed E-state index contributed by atoms with van der Waals surface area (Å²) < 4.78 is 0. The van der Waals surface area contributed by atoms with Gasteiger partial charge in [0.15, 0.2) is 0 Å². The first kappa shape index (κ1) is 10.7. The maximum atomic E-state index is 10.9. The van der Waals surface area contributed by atoms with Crippen molar-refractivity contribution in [1.29, 1.82) is 0 Å². The lowest BCUT2D eigenvalue weighted by Gasteiger charge is -2.07. The van der Waals surface area contributed by atoms with Gasteiger partial charge in [-0.1, -0.05) is 0 Å². The SMILES string of the molecule is CC(=O)Nc1cc(C(=O)O)cc(C2CC2)c1. The number of hydrogen-bond acceptors (Lipinski definition) is 2. The third kappa shape index (κ3) is 2.39. The van der Waals surface area contributed by atoms with E-state index in [4.69, 9.17) is 5.11 Å². The van der Waals surface area contributed by atoms with Gasteiger partial charge in [-0.05, 0) is 42.5 Å². The molecule has 0 aromatic heterocycles. The van der Waals surface area contributed by atoms with E-state index in [0.29, 0.717) is 11.6 Å². The number of rotatable bonds is 3. The Labute approximate surface area is 93.3 Å². The molecule has 0 aliphatic heterocycles. The molecule has 84 valence electrons. The van der Waals surface area contributed by atoms with Crippen LogP contribution in [-0.2, 0) is 4.79 Å². The van der Waals surface area contributed by atoms with E-state index >= 15 is 0 Å². The highest BCUT2D eigenvalue weighted by Crippen LogP contribution is 2.41. The Morgan fingerprint density at radius 2 is 2.00 bits per heavy atom. The van der Waals surface area contributed by atoms with Gasteiger partial charge in [0.25, 0.3) is 0 Å². The largest absolute Gasteiger partial charge is 0.478 e. The van der Waals surface area contributed by atoms with Crippen LogP contribution in [0.15, 0.2) is 18.2 Å². The standard InChI is InChI=1S/C12H13NO3/c1-7(14)13-11-5-9(8-2-3-8)4-10(6-11)12(15)16/h4-6,8H,2-3H2,1H3,(H,13,14)(H,15,16). The minimum absolute atomic E-state index is 0.190. The minimum Gasteiger partial charge on any atom is -0.478 e. The maximum absolute atomic E-state index is 10.9.